The Balaban J connectivity index is 1.87. The molecule has 1 fully saturated rings. The maximum Gasteiger partial charge on any atom is 0.243 e. The van der Waals surface area contributed by atoms with Gasteiger partial charge in [-0.1, -0.05) is 48.8 Å². The molecule has 0 bridgehead atoms. The minimum absolute atomic E-state index is 0.0328. The van der Waals surface area contributed by atoms with E-state index in [9.17, 15) is 0 Å². The van der Waals surface area contributed by atoms with Crippen LogP contribution in [0.25, 0.3) is 0 Å². The van der Waals surface area contributed by atoms with E-state index in [-0.39, 0.29) is 11.5 Å². The van der Waals surface area contributed by atoms with Crippen LogP contribution in [0.5, 0.6) is 0 Å². The van der Waals surface area contributed by atoms with E-state index < -0.39 is 0 Å². The van der Waals surface area contributed by atoms with E-state index in [0.29, 0.717) is 5.89 Å². The van der Waals surface area contributed by atoms with E-state index in [1.54, 1.807) is 0 Å². The summed E-state index contributed by atoms with van der Waals surface area (Å²) in [4.78, 5) is 4.54. The van der Waals surface area contributed by atoms with Crippen molar-refractivity contribution in [3.63, 3.8) is 0 Å². The maximum atomic E-state index is 6.02. The molecule has 1 aromatic carbocycles. The number of nitrogens with two attached hydrogens (primary N) is 1. The molecule has 0 amide bonds. The lowest BCUT2D eigenvalue weighted by Crippen LogP contribution is -2.13. The van der Waals surface area contributed by atoms with Gasteiger partial charge in [0.2, 0.25) is 5.89 Å². The highest BCUT2D eigenvalue weighted by atomic mass is 16.5. The first-order valence-corrected chi connectivity index (χ1v) is 6.91. The van der Waals surface area contributed by atoms with E-state index in [0.717, 1.165) is 31.5 Å². The fourth-order valence-electron chi connectivity index (χ4n) is 2.54. The number of benzene rings is 1. The molecule has 0 saturated heterocycles. The van der Waals surface area contributed by atoms with Crippen LogP contribution in [-0.4, -0.2) is 10.1 Å². The summed E-state index contributed by atoms with van der Waals surface area (Å²) in [7, 11) is 0. The van der Waals surface area contributed by atoms with E-state index in [4.69, 9.17) is 10.3 Å². The molecule has 1 heterocycles. The molecule has 1 atom stereocenters. The molecule has 4 heteroatoms. The van der Waals surface area contributed by atoms with Crippen LogP contribution in [0, 0.1) is 0 Å². The first-order valence-electron chi connectivity index (χ1n) is 6.91. The standard InChI is InChI=1S/C15H19N3O/c1-2-6-12(16)13-17-14(18-19-13)15(9-10-15)11-7-4-3-5-8-11/h3-5,7-8,12H,2,6,9-10,16H2,1H3/t12-/m1/s1. The molecule has 4 nitrogen and oxygen atoms in total. The van der Waals surface area contributed by atoms with Gasteiger partial charge in [-0.2, -0.15) is 4.98 Å². The van der Waals surface area contributed by atoms with Crippen molar-refractivity contribution in [1.82, 2.24) is 10.1 Å². The molecule has 2 N–H and O–H groups in total. The smallest absolute Gasteiger partial charge is 0.243 e. The summed E-state index contributed by atoms with van der Waals surface area (Å²) < 4.78 is 5.34. The predicted octanol–water partition coefficient (Wildman–Crippen LogP) is 2.95. The van der Waals surface area contributed by atoms with Gasteiger partial charge in [0.05, 0.1) is 11.5 Å². The Hall–Kier alpha value is -1.68. The largest absolute Gasteiger partial charge is 0.338 e. The molecule has 3 rings (SSSR count). The quantitative estimate of drug-likeness (QED) is 0.894. The third kappa shape index (κ3) is 2.16. The molecule has 2 aromatic rings. The highest BCUT2D eigenvalue weighted by molar-refractivity contribution is 5.38. The van der Waals surface area contributed by atoms with Crippen molar-refractivity contribution in [2.45, 2.75) is 44.1 Å². The van der Waals surface area contributed by atoms with Crippen molar-refractivity contribution >= 4 is 0 Å². The molecule has 0 spiro atoms. The van der Waals surface area contributed by atoms with E-state index >= 15 is 0 Å². The third-order valence-electron chi connectivity index (χ3n) is 3.86. The summed E-state index contributed by atoms with van der Waals surface area (Å²) in [5.41, 5.74) is 7.26. The van der Waals surface area contributed by atoms with Gasteiger partial charge in [-0.15, -0.1) is 0 Å². The molecular weight excluding hydrogens is 238 g/mol. The SMILES string of the molecule is CCC[C@@H](N)c1nc(C2(c3ccccc3)CC2)no1. The molecule has 0 unspecified atom stereocenters. The molecular formula is C15H19N3O. The first kappa shape index (κ1) is 12.4. The van der Waals surface area contributed by atoms with Crippen LogP contribution in [0.2, 0.25) is 0 Å². The molecule has 1 saturated carbocycles. The van der Waals surface area contributed by atoms with Crippen LogP contribution in [0.4, 0.5) is 0 Å². The summed E-state index contributed by atoms with van der Waals surface area (Å²) in [5.74, 6) is 1.36. The normalized spacial score (nSPS) is 18.2. The lowest BCUT2D eigenvalue weighted by atomic mass is 9.95. The van der Waals surface area contributed by atoms with E-state index in [1.807, 2.05) is 6.07 Å². The van der Waals surface area contributed by atoms with Crippen molar-refractivity contribution in [3.8, 4) is 0 Å². The van der Waals surface area contributed by atoms with Crippen LogP contribution < -0.4 is 5.73 Å². The van der Waals surface area contributed by atoms with Gasteiger partial charge < -0.3 is 10.3 Å². The van der Waals surface area contributed by atoms with Gasteiger partial charge in [-0.3, -0.25) is 0 Å². The van der Waals surface area contributed by atoms with Crippen LogP contribution in [0.15, 0.2) is 34.9 Å². The molecule has 0 radical (unpaired) electrons. The monoisotopic (exact) mass is 257 g/mol. The second-order valence-corrected chi connectivity index (χ2v) is 5.30. The third-order valence-corrected chi connectivity index (χ3v) is 3.86. The van der Waals surface area contributed by atoms with Crippen LogP contribution >= 0.6 is 0 Å². The fourth-order valence-corrected chi connectivity index (χ4v) is 2.54. The second kappa shape index (κ2) is 4.78. The Morgan fingerprint density at radius 1 is 1.32 bits per heavy atom. The second-order valence-electron chi connectivity index (χ2n) is 5.30. The summed E-state index contributed by atoms with van der Waals surface area (Å²) in [6.07, 6.45) is 4.06. The average molecular weight is 257 g/mol. The fraction of sp³-hybridized carbons (Fsp3) is 0.467. The van der Waals surface area contributed by atoms with Gasteiger partial charge in [-0.25, -0.2) is 0 Å². The van der Waals surface area contributed by atoms with Gasteiger partial charge in [0, 0.05) is 0 Å². The van der Waals surface area contributed by atoms with Crippen LogP contribution in [0.1, 0.15) is 55.9 Å². The molecule has 100 valence electrons. The zero-order chi connectivity index (χ0) is 13.3. The zero-order valence-corrected chi connectivity index (χ0v) is 11.2. The van der Waals surface area contributed by atoms with Gasteiger partial charge in [-0.05, 0) is 24.8 Å². The Morgan fingerprint density at radius 3 is 2.68 bits per heavy atom. The van der Waals surface area contributed by atoms with Crippen molar-refractivity contribution in [1.29, 1.82) is 0 Å². The Labute approximate surface area is 113 Å². The molecule has 1 aliphatic rings. The summed E-state index contributed by atoms with van der Waals surface area (Å²) >= 11 is 0. The van der Waals surface area contributed by atoms with Gasteiger partial charge >= 0.3 is 0 Å². The number of rotatable bonds is 5. The van der Waals surface area contributed by atoms with Crippen molar-refractivity contribution in [3.05, 3.63) is 47.6 Å². The molecule has 19 heavy (non-hydrogen) atoms. The van der Waals surface area contributed by atoms with E-state index in [1.165, 1.54) is 5.56 Å². The predicted molar refractivity (Wildman–Crippen MR) is 72.6 cm³/mol. The average Bonchev–Trinajstić information content (AvgIpc) is 3.10. The summed E-state index contributed by atoms with van der Waals surface area (Å²) in [5, 5.41) is 4.16. The highest BCUT2D eigenvalue weighted by Gasteiger charge is 2.50. The Kier molecular flexibility index (Phi) is 3.11. The minimum atomic E-state index is -0.141. The number of hydrogen-bond donors (Lipinski definition) is 1. The summed E-state index contributed by atoms with van der Waals surface area (Å²) in [6, 6.07) is 10.3. The Morgan fingerprint density at radius 2 is 2.05 bits per heavy atom. The molecule has 1 aromatic heterocycles. The first-order chi connectivity index (χ1) is 9.26. The number of aromatic nitrogens is 2. The summed E-state index contributed by atoms with van der Waals surface area (Å²) in [6.45, 7) is 2.10. The number of nitrogens with zero attached hydrogens (tertiary/aromatic N) is 2. The lowest BCUT2D eigenvalue weighted by Gasteiger charge is -2.10. The molecule has 0 aliphatic heterocycles. The van der Waals surface area contributed by atoms with Gasteiger partial charge in [0.1, 0.15) is 0 Å². The van der Waals surface area contributed by atoms with Crippen molar-refractivity contribution in [2.75, 3.05) is 0 Å². The maximum absolute atomic E-state index is 6.02. The number of hydrogen-bond acceptors (Lipinski definition) is 4. The topological polar surface area (TPSA) is 64.9 Å². The van der Waals surface area contributed by atoms with Gasteiger partial charge in [0.25, 0.3) is 0 Å². The van der Waals surface area contributed by atoms with Crippen molar-refractivity contribution < 1.29 is 4.52 Å². The van der Waals surface area contributed by atoms with Crippen LogP contribution in [-0.2, 0) is 5.41 Å². The van der Waals surface area contributed by atoms with Crippen molar-refractivity contribution in [2.24, 2.45) is 5.73 Å². The lowest BCUT2D eigenvalue weighted by molar-refractivity contribution is 0.342. The minimum Gasteiger partial charge on any atom is -0.338 e. The van der Waals surface area contributed by atoms with E-state index in [2.05, 4.69) is 41.3 Å². The Bertz CT molecular complexity index is 546. The van der Waals surface area contributed by atoms with Crippen LogP contribution in [0.3, 0.4) is 0 Å². The molecule has 1 aliphatic carbocycles. The zero-order valence-electron chi connectivity index (χ0n) is 11.2. The van der Waals surface area contributed by atoms with Gasteiger partial charge in [0.15, 0.2) is 5.82 Å². The highest BCUT2D eigenvalue weighted by Crippen LogP contribution is 2.52.